The van der Waals surface area contributed by atoms with Gasteiger partial charge in [-0.15, -0.1) is 6.58 Å². The molecule has 1 aromatic rings. The topological polar surface area (TPSA) is 20.2 Å². The molecule has 1 aliphatic rings. The van der Waals surface area contributed by atoms with Gasteiger partial charge in [0, 0.05) is 5.56 Å². The van der Waals surface area contributed by atoms with E-state index in [4.69, 9.17) is 0 Å². The standard InChI is InChI=1S/C16H18O/c1-2-3-12-16(17,15-9-10-15)13-11-14-7-5-4-6-8-14/h2,4-8,15,17H,1,3,9-10,12H2. The highest BCUT2D eigenvalue weighted by molar-refractivity contribution is 5.36. The maximum absolute atomic E-state index is 10.5. The SMILES string of the molecule is C=CCCC(O)(C#Cc1ccccc1)C1CC1. The highest BCUT2D eigenvalue weighted by Gasteiger charge is 2.41. The molecule has 0 saturated heterocycles. The predicted molar refractivity (Wildman–Crippen MR) is 70.4 cm³/mol. The third kappa shape index (κ3) is 3.22. The molecule has 1 aromatic carbocycles. The van der Waals surface area contributed by atoms with Crippen LogP contribution in [0.3, 0.4) is 0 Å². The van der Waals surface area contributed by atoms with Crippen molar-refractivity contribution in [3.05, 3.63) is 48.6 Å². The monoisotopic (exact) mass is 226 g/mol. The van der Waals surface area contributed by atoms with Gasteiger partial charge in [0.1, 0.15) is 5.60 Å². The van der Waals surface area contributed by atoms with E-state index in [1.807, 2.05) is 36.4 Å². The fourth-order valence-corrected chi connectivity index (χ4v) is 1.95. The summed E-state index contributed by atoms with van der Waals surface area (Å²) in [5, 5.41) is 10.5. The second-order valence-corrected chi connectivity index (χ2v) is 4.64. The van der Waals surface area contributed by atoms with Gasteiger partial charge in [-0.2, -0.15) is 0 Å². The Balaban J connectivity index is 2.12. The first-order chi connectivity index (χ1) is 8.24. The Morgan fingerprint density at radius 2 is 2.06 bits per heavy atom. The highest BCUT2D eigenvalue weighted by Crippen LogP contribution is 2.41. The summed E-state index contributed by atoms with van der Waals surface area (Å²) in [6, 6.07) is 9.82. The molecular weight excluding hydrogens is 208 g/mol. The van der Waals surface area contributed by atoms with Crippen LogP contribution in [-0.2, 0) is 0 Å². The van der Waals surface area contributed by atoms with E-state index in [0.717, 1.165) is 24.8 Å². The minimum atomic E-state index is -0.815. The molecule has 0 spiro atoms. The van der Waals surface area contributed by atoms with Crippen LogP contribution in [0, 0.1) is 17.8 Å². The zero-order chi connectivity index (χ0) is 12.1. The summed E-state index contributed by atoms with van der Waals surface area (Å²) in [5.41, 5.74) is 0.148. The lowest BCUT2D eigenvalue weighted by Crippen LogP contribution is -2.29. The van der Waals surface area contributed by atoms with E-state index in [1.54, 1.807) is 0 Å². The van der Waals surface area contributed by atoms with Crippen LogP contribution in [0.1, 0.15) is 31.2 Å². The van der Waals surface area contributed by atoms with Crippen LogP contribution in [0.5, 0.6) is 0 Å². The average Bonchev–Trinajstić information content (AvgIpc) is 3.20. The van der Waals surface area contributed by atoms with Gasteiger partial charge in [0.25, 0.3) is 0 Å². The number of rotatable bonds is 4. The summed E-state index contributed by atoms with van der Waals surface area (Å²) in [7, 11) is 0. The lowest BCUT2D eigenvalue weighted by atomic mass is 9.92. The van der Waals surface area contributed by atoms with Crippen molar-refractivity contribution in [2.24, 2.45) is 5.92 Å². The van der Waals surface area contributed by atoms with Gasteiger partial charge in [0.2, 0.25) is 0 Å². The molecule has 1 saturated carbocycles. The molecule has 0 radical (unpaired) electrons. The van der Waals surface area contributed by atoms with Gasteiger partial charge in [-0.05, 0) is 43.7 Å². The van der Waals surface area contributed by atoms with Crippen molar-refractivity contribution >= 4 is 0 Å². The van der Waals surface area contributed by atoms with Crippen molar-refractivity contribution in [3.8, 4) is 11.8 Å². The first-order valence-corrected chi connectivity index (χ1v) is 6.16. The van der Waals surface area contributed by atoms with Gasteiger partial charge in [-0.1, -0.05) is 36.1 Å². The Morgan fingerprint density at radius 1 is 1.35 bits per heavy atom. The van der Waals surface area contributed by atoms with Crippen molar-refractivity contribution in [2.75, 3.05) is 0 Å². The number of hydrogen-bond acceptors (Lipinski definition) is 1. The minimum Gasteiger partial charge on any atom is -0.377 e. The van der Waals surface area contributed by atoms with E-state index in [2.05, 4.69) is 18.4 Å². The van der Waals surface area contributed by atoms with Crippen molar-refractivity contribution < 1.29 is 5.11 Å². The third-order valence-corrected chi connectivity index (χ3v) is 3.18. The number of aliphatic hydroxyl groups is 1. The predicted octanol–water partition coefficient (Wildman–Crippen LogP) is 3.15. The molecule has 0 aromatic heterocycles. The molecule has 0 amide bonds. The van der Waals surface area contributed by atoms with Gasteiger partial charge in [0.15, 0.2) is 0 Å². The summed E-state index contributed by atoms with van der Waals surface area (Å²) >= 11 is 0. The molecule has 17 heavy (non-hydrogen) atoms. The molecule has 1 heteroatoms. The molecule has 1 nitrogen and oxygen atoms in total. The minimum absolute atomic E-state index is 0.360. The van der Waals surface area contributed by atoms with E-state index in [0.29, 0.717) is 12.3 Å². The molecule has 1 fully saturated rings. The van der Waals surface area contributed by atoms with Crippen molar-refractivity contribution in [1.82, 2.24) is 0 Å². The van der Waals surface area contributed by atoms with Crippen LogP contribution in [0.4, 0.5) is 0 Å². The average molecular weight is 226 g/mol. The van der Waals surface area contributed by atoms with Crippen molar-refractivity contribution in [2.45, 2.75) is 31.3 Å². The maximum atomic E-state index is 10.5. The molecule has 0 heterocycles. The van der Waals surface area contributed by atoms with Crippen molar-refractivity contribution in [1.29, 1.82) is 0 Å². The smallest absolute Gasteiger partial charge is 0.128 e. The van der Waals surface area contributed by atoms with Gasteiger partial charge >= 0.3 is 0 Å². The molecule has 0 aliphatic heterocycles. The molecule has 1 atom stereocenters. The lowest BCUT2D eigenvalue weighted by Gasteiger charge is -2.20. The normalized spacial score (nSPS) is 17.7. The van der Waals surface area contributed by atoms with Crippen LogP contribution in [0.2, 0.25) is 0 Å². The molecule has 88 valence electrons. The molecular formula is C16H18O. The van der Waals surface area contributed by atoms with E-state index < -0.39 is 5.60 Å². The molecule has 0 bridgehead atoms. The summed E-state index contributed by atoms with van der Waals surface area (Å²) in [6.45, 7) is 3.70. The second kappa shape index (κ2) is 5.21. The van der Waals surface area contributed by atoms with E-state index in [9.17, 15) is 5.11 Å². The first-order valence-electron chi connectivity index (χ1n) is 6.16. The second-order valence-electron chi connectivity index (χ2n) is 4.64. The van der Waals surface area contributed by atoms with Crippen molar-refractivity contribution in [3.63, 3.8) is 0 Å². The van der Waals surface area contributed by atoms with Crippen LogP contribution >= 0.6 is 0 Å². The Morgan fingerprint density at radius 3 is 2.65 bits per heavy atom. The van der Waals surface area contributed by atoms with Gasteiger partial charge in [-0.3, -0.25) is 0 Å². The largest absolute Gasteiger partial charge is 0.377 e. The summed E-state index contributed by atoms with van der Waals surface area (Å²) in [6.07, 6.45) is 5.54. The van der Waals surface area contributed by atoms with Crippen LogP contribution in [0.15, 0.2) is 43.0 Å². The maximum Gasteiger partial charge on any atom is 0.128 e. The van der Waals surface area contributed by atoms with E-state index >= 15 is 0 Å². The fourth-order valence-electron chi connectivity index (χ4n) is 1.95. The Hall–Kier alpha value is -1.52. The van der Waals surface area contributed by atoms with Crippen LogP contribution < -0.4 is 0 Å². The van der Waals surface area contributed by atoms with Gasteiger partial charge in [-0.25, -0.2) is 0 Å². The molecule has 1 aliphatic carbocycles. The summed E-state index contributed by atoms with van der Waals surface area (Å²) in [4.78, 5) is 0. The fraction of sp³-hybridized carbons (Fsp3) is 0.375. The van der Waals surface area contributed by atoms with Crippen LogP contribution in [0.25, 0.3) is 0 Å². The summed E-state index contributed by atoms with van der Waals surface area (Å²) < 4.78 is 0. The summed E-state index contributed by atoms with van der Waals surface area (Å²) in [5.74, 6) is 6.51. The highest BCUT2D eigenvalue weighted by atomic mass is 16.3. The number of benzene rings is 1. The lowest BCUT2D eigenvalue weighted by molar-refractivity contribution is 0.0696. The molecule has 2 rings (SSSR count). The number of hydrogen-bond donors (Lipinski definition) is 1. The Labute approximate surface area is 103 Å². The zero-order valence-corrected chi connectivity index (χ0v) is 10.0. The quantitative estimate of drug-likeness (QED) is 0.617. The Bertz CT molecular complexity index is 434. The Kier molecular flexibility index (Phi) is 3.66. The molecule has 1 N–H and O–H groups in total. The van der Waals surface area contributed by atoms with E-state index in [-0.39, 0.29) is 0 Å². The molecule has 1 unspecified atom stereocenters. The van der Waals surface area contributed by atoms with E-state index in [1.165, 1.54) is 0 Å². The van der Waals surface area contributed by atoms with Gasteiger partial charge < -0.3 is 5.11 Å². The first kappa shape index (κ1) is 12.0. The third-order valence-electron chi connectivity index (χ3n) is 3.18. The van der Waals surface area contributed by atoms with Gasteiger partial charge in [0.05, 0.1) is 0 Å². The van der Waals surface area contributed by atoms with Crippen LogP contribution in [-0.4, -0.2) is 10.7 Å². The number of allylic oxidation sites excluding steroid dienone is 1. The zero-order valence-electron chi connectivity index (χ0n) is 10.0.